The monoisotopic (exact) mass is 310 g/mol. The third-order valence-electron chi connectivity index (χ3n) is 3.86. The van der Waals surface area contributed by atoms with Crippen LogP contribution in [0.4, 0.5) is 11.4 Å². The van der Waals surface area contributed by atoms with Crippen LogP contribution < -0.4 is 15.0 Å². The number of fused-ring (bicyclic) bond motifs is 1. The number of carbonyl (C=O) groups excluding carboxylic acids is 2. The Bertz CT molecular complexity index is 741. The summed E-state index contributed by atoms with van der Waals surface area (Å²) in [6.07, 6.45) is 0. The fourth-order valence-electron chi connectivity index (χ4n) is 2.62. The van der Waals surface area contributed by atoms with Gasteiger partial charge >= 0.3 is 0 Å². The van der Waals surface area contributed by atoms with Crippen LogP contribution in [0.3, 0.4) is 0 Å². The van der Waals surface area contributed by atoms with Crippen LogP contribution in [0.2, 0.25) is 0 Å². The van der Waals surface area contributed by atoms with Gasteiger partial charge in [-0.3, -0.25) is 14.5 Å². The highest BCUT2D eigenvalue weighted by molar-refractivity contribution is 6.14. The first kappa shape index (κ1) is 15.1. The average Bonchev–Trinajstić information content (AvgIpc) is 2.54. The zero-order valence-electron chi connectivity index (χ0n) is 13.1. The Morgan fingerprint density at radius 1 is 1.09 bits per heavy atom. The fourth-order valence-corrected chi connectivity index (χ4v) is 2.62. The van der Waals surface area contributed by atoms with Crippen LogP contribution >= 0.6 is 0 Å². The van der Waals surface area contributed by atoms with Crippen LogP contribution in [-0.2, 0) is 9.59 Å². The third kappa shape index (κ3) is 2.77. The van der Waals surface area contributed by atoms with Gasteiger partial charge in [0.15, 0.2) is 6.61 Å². The second kappa shape index (κ2) is 5.76. The summed E-state index contributed by atoms with van der Waals surface area (Å²) in [4.78, 5) is 26.5. The first-order valence-corrected chi connectivity index (χ1v) is 7.41. The van der Waals surface area contributed by atoms with E-state index in [1.54, 1.807) is 32.0 Å². The molecular formula is C18H18N2O3. The lowest BCUT2D eigenvalue weighted by Crippen LogP contribution is -2.59. The molecule has 118 valence electrons. The smallest absolute Gasteiger partial charge is 0.265 e. The van der Waals surface area contributed by atoms with E-state index >= 15 is 0 Å². The van der Waals surface area contributed by atoms with Gasteiger partial charge in [0.05, 0.1) is 11.4 Å². The van der Waals surface area contributed by atoms with Crippen LogP contribution in [0.15, 0.2) is 54.6 Å². The molecule has 5 heteroatoms. The molecule has 2 amide bonds. The molecule has 0 bridgehead atoms. The number of nitrogens with zero attached hydrogens (tertiary/aromatic N) is 1. The maximum Gasteiger partial charge on any atom is 0.265 e. The maximum absolute atomic E-state index is 12.7. The third-order valence-corrected chi connectivity index (χ3v) is 3.86. The predicted octanol–water partition coefficient (Wildman–Crippen LogP) is 2.83. The highest BCUT2D eigenvalue weighted by Crippen LogP contribution is 2.36. The Hall–Kier alpha value is -2.82. The normalized spacial score (nSPS) is 15.6. The SMILES string of the molecule is CC1(C)C(=O)Nc2ccccc2N1C(=O)COc1ccccc1. The number of ether oxygens (including phenoxy) is 1. The van der Waals surface area contributed by atoms with E-state index in [0.717, 1.165) is 0 Å². The van der Waals surface area contributed by atoms with Crippen molar-refractivity contribution in [3.63, 3.8) is 0 Å². The lowest BCUT2D eigenvalue weighted by molar-refractivity contribution is -0.127. The summed E-state index contributed by atoms with van der Waals surface area (Å²) >= 11 is 0. The number of carbonyl (C=O) groups is 2. The number of anilines is 2. The lowest BCUT2D eigenvalue weighted by atomic mass is 9.96. The summed E-state index contributed by atoms with van der Waals surface area (Å²) in [5, 5.41) is 2.84. The second-order valence-corrected chi connectivity index (χ2v) is 5.86. The Labute approximate surface area is 134 Å². The van der Waals surface area contributed by atoms with E-state index in [2.05, 4.69) is 5.32 Å². The molecule has 5 nitrogen and oxygen atoms in total. The van der Waals surface area contributed by atoms with Gasteiger partial charge in [-0.1, -0.05) is 30.3 Å². The standard InChI is InChI=1S/C18H18N2O3/c1-18(2)17(22)19-14-10-6-7-11-15(14)20(18)16(21)12-23-13-8-4-3-5-9-13/h3-11H,12H2,1-2H3,(H,19,22). The van der Waals surface area contributed by atoms with Gasteiger partial charge < -0.3 is 10.1 Å². The van der Waals surface area contributed by atoms with Crippen molar-refractivity contribution in [1.29, 1.82) is 0 Å². The van der Waals surface area contributed by atoms with Gasteiger partial charge in [0.2, 0.25) is 5.91 Å². The van der Waals surface area contributed by atoms with Crippen LogP contribution in [0.25, 0.3) is 0 Å². The molecule has 0 atom stereocenters. The molecule has 2 aromatic carbocycles. The maximum atomic E-state index is 12.7. The molecule has 0 saturated heterocycles. The Morgan fingerprint density at radius 2 is 1.74 bits per heavy atom. The predicted molar refractivity (Wildman–Crippen MR) is 88.6 cm³/mol. The molecule has 0 aliphatic carbocycles. The van der Waals surface area contributed by atoms with Crippen molar-refractivity contribution in [2.45, 2.75) is 19.4 Å². The number of benzene rings is 2. The number of hydrogen-bond donors (Lipinski definition) is 1. The van der Waals surface area contributed by atoms with Crippen molar-refractivity contribution in [2.75, 3.05) is 16.8 Å². The summed E-state index contributed by atoms with van der Waals surface area (Å²) < 4.78 is 5.54. The molecule has 0 saturated carbocycles. The van der Waals surface area contributed by atoms with Crippen molar-refractivity contribution in [3.05, 3.63) is 54.6 Å². The summed E-state index contributed by atoms with van der Waals surface area (Å²) in [6, 6.07) is 16.4. The summed E-state index contributed by atoms with van der Waals surface area (Å²) in [6.45, 7) is 3.31. The van der Waals surface area contributed by atoms with Crippen molar-refractivity contribution in [2.24, 2.45) is 0 Å². The van der Waals surface area contributed by atoms with Gasteiger partial charge in [0, 0.05) is 0 Å². The lowest BCUT2D eigenvalue weighted by Gasteiger charge is -2.41. The molecule has 2 aromatic rings. The van der Waals surface area contributed by atoms with E-state index < -0.39 is 5.54 Å². The van der Waals surface area contributed by atoms with Gasteiger partial charge in [-0.05, 0) is 38.1 Å². The van der Waals surface area contributed by atoms with Crippen LogP contribution in [0, 0.1) is 0 Å². The summed E-state index contributed by atoms with van der Waals surface area (Å²) in [5.74, 6) is 0.138. The molecule has 0 fully saturated rings. The summed E-state index contributed by atoms with van der Waals surface area (Å²) in [5.41, 5.74) is 0.328. The van der Waals surface area contributed by atoms with Gasteiger partial charge in [-0.25, -0.2) is 0 Å². The number of amides is 2. The minimum absolute atomic E-state index is 0.130. The quantitative estimate of drug-likeness (QED) is 0.948. The first-order valence-electron chi connectivity index (χ1n) is 7.41. The summed E-state index contributed by atoms with van der Waals surface area (Å²) in [7, 11) is 0. The van der Waals surface area contributed by atoms with Gasteiger partial charge in [0.25, 0.3) is 5.91 Å². The van der Waals surface area contributed by atoms with Gasteiger partial charge in [0.1, 0.15) is 11.3 Å². The van der Waals surface area contributed by atoms with Crippen molar-refractivity contribution >= 4 is 23.2 Å². The second-order valence-electron chi connectivity index (χ2n) is 5.86. The highest BCUT2D eigenvalue weighted by atomic mass is 16.5. The Balaban J connectivity index is 1.87. The van der Waals surface area contributed by atoms with Crippen molar-refractivity contribution in [1.82, 2.24) is 0 Å². The molecule has 1 heterocycles. The van der Waals surface area contributed by atoms with E-state index in [1.165, 1.54) is 4.90 Å². The molecular weight excluding hydrogens is 292 g/mol. The van der Waals surface area contributed by atoms with E-state index in [1.807, 2.05) is 36.4 Å². The largest absolute Gasteiger partial charge is 0.484 e. The van der Waals surface area contributed by atoms with Crippen LogP contribution in [0.1, 0.15) is 13.8 Å². The molecule has 0 radical (unpaired) electrons. The zero-order valence-corrected chi connectivity index (χ0v) is 13.1. The van der Waals surface area contributed by atoms with Crippen LogP contribution in [-0.4, -0.2) is 24.0 Å². The number of rotatable bonds is 3. The number of hydrogen-bond acceptors (Lipinski definition) is 3. The molecule has 1 N–H and O–H groups in total. The van der Waals surface area contributed by atoms with Gasteiger partial charge in [-0.2, -0.15) is 0 Å². The number of nitrogens with one attached hydrogen (secondary N) is 1. The minimum atomic E-state index is -0.981. The van der Waals surface area contributed by atoms with Crippen LogP contribution in [0.5, 0.6) is 5.75 Å². The average molecular weight is 310 g/mol. The van der Waals surface area contributed by atoms with E-state index in [-0.39, 0.29) is 18.4 Å². The minimum Gasteiger partial charge on any atom is -0.484 e. The first-order chi connectivity index (χ1) is 11.0. The molecule has 23 heavy (non-hydrogen) atoms. The molecule has 1 aliphatic rings. The molecule has 0 unspecified atom stereocenters. The van der Waals surface area contributed by atoms with E-state index in [9.17, 15) is 9.59 Å². The molecule has 0 aromatic heterocycles. The van der Waals surface area contributed by atoms with Crippen molar-refractivity contribution < 1.29 is 14.3 Å². The van der Waals surface area contributed by atoms with E-state index in [0.29, 0.717) is 17.1 Å². The van der Waals surface area contributed by atoms with E-state index in [4.69, 9.17) is 4.74 Å². The Morgan fingerprint density at radius 3 is 2.48 bits per heavy atom. The highest BCUT2D eigenvalue weighted by Gasteiger charge is 2.43. The van der Waals surface area contributed by atoms with Gasteiger partial charge in [-0.15, -0.1) is 0 Å². The molecule has 1 aliphatic heterocycles. The topological polar surface area (TPSA) is 58.6 Å². The fraction of sp³-hybridized carbons (Fsp3) is 0.222. The number of para-hydroxylation sites is 3. The molecule has 3 rings (SSSR count). The zero-order chi connectivity index (χ0) is 16.4. The van der Waals surface area contributed by atoms with Crippen molar-refractivity contribution in [3.8, 4) is 5.75 Å². The Kier molecular flexibility index (Phi) is 3.78. The molecule has 0 spiro atoms.